The predicted octanol–water partition coefficient (Wildman–Crippen LogP) is 4.60. The molecule has 0 aromatic heterocycles. The molecule has 6 heteroatoms. The molecule has 1 amide bonds. The van der Waals surface area contributed by atoms with Gasteiger partial charge in [0.2, 0.25) is 0 Å². The van der Waals surface area contributed by atoms with Crippen LogP contribution in [0.5, 0.6) is 0 Å². The fourth-order valence-electron chi connectivity index (χ4n) is 3.57. The molecule has 0 saturated carbocycles. The van der Waals surface area contributed by atoms with Crippen LogP contribution in [-0.4, -0.2) is 42.3 Å². The Morgan fingerprint density at radius 3 is 2.65 bits per heavy atom. The lowest BCUT2D eigenvalue weighted by Gasteiger charge is -2.26. The highest BCUT2D eigenvalue weighted by molar-refractivity contribution is 5.92. The zero-order chi connectivity index (χ0) is 18.7. The number of nitrogens with zero attached hydrogens (tertiary/aromatic N) is 2. The van der Waals surface area contributed by atoms with Gasteiger partial charge in [0.05, 0.1) is 5.69 Å². The summed E-state index contributed by atoms with van der Waals surface area (Å²) in [7, 11) is 2.03. The number of rotatable bonds is 5. The maximum absolute atomic E-state index is 13.9. The summed E-state index contributed by atoms with van der Waals surface area (Å²) >= 11 is 0. The maximum Gasteiger partial charge on any atom is 0.411 e. The van der Waals surface area contributed by atoms with Crippen LogP contribution in [-0.2, 0) is 0 Å². The first-order chi connectivity index (χ1) is 12.5. The van der Waals surface area contributed by atoms with E-state index in [2.05, 4.69) is 4.90 Å². The van der Waals surface area contributed by atoms with E-state index in [0.29, 0.717) is 23.6 Å². The zero-order valence-electron chi connectivity index (χ0n) is 14.7. The second-order valence-electron chi connectivity index (χ2n) is 6.67. The second-order valence-corrected chi connectivity index (χ2v) is 6.67. The molecule has 0 radical (unpaired) electrons. The van der Waals surface area contributed by atoms with Crippen LogP contribution in [0.4, 0.5) is 19.3 Å². The number of hydrogen-bond donors (Lipinski definition) is 1. The molecule has 26 heavy (non-hydrogen) atoms. The number of hydrogen-bond acceptors (Lipinski definition) is 2. The lowest BCUT2D eigenvalue weighted by atomic mass is 10.0. The van der Waals surface area contributed by atoms with Crippen LogP contribution in [0, 0.1) is 11.6 Å². The number of anilines is 1. The standard InChI is InChI=1S/C20H22F2N2O2/c1-23-10-3-6-17(23)9-11-24(20(25)26)19-13-16(22)7-8-18(19)14-4-2-5-15(21)12-14/h2,4-5,7-8,12-13,17H,3,6,9-11H2,1H3,(H,25,26). The molecular weight excluding hydrogens is 338 g/mol. The summed E-state index contributed by atoms with van der Waals surface area (Å²) < 4.78 is 27.5. The first kappa shape index (κ1) is 18.3. The minimum atomic E-state index is -1.14. The van der Waals surface area contributed by atoms with E-state index in [1.54, 1.807) is 12.1 Å². The van der Waals surface area contributed by atoms with E-state index >= 15 is 0 Å². The van der Waals surface area contributed by atoms with Gasteiger partial charge in [-0.2, -0.15) is 0 Å². The Bertz CT molecular complexity index is 797. The van der Waals surface area contributed by atoms with Crippen molar-refractivity contribution in [3.05, 3.63) is 54.1 Å². The lowest BCUT2D eigenvalue weighted by Crippen LogP contribution is -2.35. The van der Waals surface area contributed by atoms with Crippen molar-refractivity contribution in [2.75, 3.05) is 25.0 Å². The minimum absolute atomic E-state index is 0.240. The molecule has 1 atom stereocenters. The number of amides is 1. The Kier molecular flexibility index (Phi) is 5.52. The normalized spacial score (nSPS) is 17.4. The number of carboxylic acid groups (broad SMARTS) is 1. The topological polar surface area (TPSA) is 43.8 Å². The van der Waals surface area contributed by atoms with Crippen molar-refractivity contribution < 1.29 is 18.7 Å². The van der Waals surface area contributed by atoms with Crippen molar-refractivity contribution in [3.8, 4) is 11.1 Å². The fourth-order valence-corrected chi connectivity index (χ4v) is 3.57. The van der Waals surface area contributed by atoms with Gasteiger partial charge in [-0.25, -0.2) is 13.6 Å². The first-order valence-corrected chi connectivity index (χ1v) is 8.72. The van der Waals surface area contributed by atoms with Crippen molar-refractivity contribution in [3.63, 3.8) is 0 Å². The summed E-state index contributed by atoms with van der Waals surface area (Å²) in [5, 5.41) is 9.70. The van der Waals surface area contributed by atoms with Crippen LogP contribution in [0.25, 0.3) is 11.1 Å². The Morgan fingerprint density at radius 2 is 2.00 bits per heavy atom. The van der Waals surface area contributed by atoms with Crippen LogP contribution in [0.1, 0.15) is 19.3 Å². The van der Waals surface area contributed by atoms with Gasteiger partial charge in [-0.15, -0.1) is 0 Å². The van der Waals surface area contributed by atoms with Crippen LogP contribution in [0.3, 0.4) is 0 Å². The van der Waals surface area contributed by atoms with E-state index in [0.717, 1.165) is 24.3 Å². The Balaban J connectivity index is 1.93. The summed E-state index contributed by atoms with van der Waals surface area (Å²) in [6.45, 7) is 1.27. The molecule has 1 fully saturated rings. The van der Waals surface area contributed by atoms with Gasteiger partial charge in [0.1, 0.15) is 11.6 Å². The molecule has 2 aromatic carbocycles. The van der Waals surface area contributed by atoms with Crippen LogP contribution < -0.4 is 4.90 Å². The maximum atomic E-state index is 13.9. The van der Waals surface area contributed by atoms with E-state index < -0.39 is 17.7 Å². The zero-order valence-corrected chi connectivity index (χ0v) is 14.7. The van der Waals surface area contributed by atoms with Crippen LogP contribution >= 0.6 is 0 Å². The largest absolute Gasteiger partial charge is 0.465 e. The molecule has 1 heterocycles. The van der Waals surface area contributed by atoms with E-state index in [4.69, 9.17) is 0 Å². The third kappa shape index (κ3) is 4.02. The molecule has 0 spiro atoms. The molecule has 4 nitrogen and oxygen atoms in total. The molecule has 3 rings (SSSR count). The number of benzene rings is 2. The average molecular weight is 360 g/mol. The van der Waals surface area contributed by atoms with Gasteiger partial charge >= 0.3 is 6.09 Å². The molecular formula is C20H22F2N2O2. The third-order valence-corrected chi connectivity index (χ3v) is 4.97. The van der Waals surface area contributed by atoms with E-state index in [1.807, 2.05) is 7.05 Å². The fraction of sp³-hybridized carbons (Fsp3) is 0.350. The van der Waals surface area contributed by atoms with Gasteiger partial charge in [-0.1, -0.05) is 12.1 Å². The second kappa shape index (κ2) is 7.83. The van der Waals surface area contributed by atoms with Gasteiger partial charge in [0, 0.05) is 18.2 Å². The molecule has 1 aliphatic heterocycles. The molecule has 1 saturated heterocycles. The van der Waals surface area contributed by atoms with Crippen molar-refractivity contribution in [1.82, 2.24) is 4.90 Å². The average Bonchev–Trinajstić information content (AvgIpc) is 3.00. The Hall–Kier alpha value is -2.47. The Morgan fingerprint density at radius 1 is 1.23 bits per heavy atom. The molecule has 0 aliphatic carbocycles. The molecule has 2 aromatic rings. The highest BCUT2D eigenvalue weighted by atomic mass is 19.1. The molecule has 138 valence electrons. The third-order valence-electron chi connectivity index (χ3n) is 4.97. The first-order valence-electron chi connectivity index (χ1n) is 8.72. The predicted molar refractivity (Wildman–Crippen MR) is 97.4 cm³/mol. The minimum Gasteiger partial charge on any atom is -0.465 e. The van der Waals surface area contributed by atoms with Gasteiger partial charge in [-0.3, -0.25) is 4.90 Å². The number of likely N-dealkylation sites (tertiary alicyclic amines) is 1. The van der Waals surface area contributed by atoms with E-state index in [-0.39, 0.29) is 12.2 Å². The quantitative estimate of drug-likeness (QED) is 0.847. The highest BCUT2D eigenvalue weighted by Gasteiger charge is 2.25. The van der Waals surface area contributed by atoms with E-state index in [1.165, 1.54) is 30.3 Å². The summed E-state index contributed by atoms with van der Waals surface area (Å²) in [6.07, 6.45) is 1.66. The Labute approximate surface area is 151 Å². The highest BCUT2D eigenvalue weighted by Crippen LogP contribution is 2.33. The number of carbonyl (C=O) groups is 1. The monoisotopic (exact) mass is 360 g/mol. The van der Waals surface area contributed by atoms with Crippen molar-refractivity contribution in [1.29, 1.82) is 0 Å². The summed E-state index contributed by atoms with van der Waals surface area (Å²) in [5.41, 5.74) is 1.25. The van der Waals surface area contributed by atoms with Gasteiger partial charge in [0.15, 0.2) is 0 Å². The van der Waals surface area contributed by atoms with Gasteiger partial charge in [0.25, 0.3) is 0 Å². The van der Waals surface area contributed by atoms with Crippen LogP contribution in [0.2, 0.25) is 0 Å². The molecule has 1 aliphatic rings. The summed E-state index contributed by atoms with van der Waals surface area (Å²) in [5.74, 6) is -0.948. The molecule has 0 bridgehead atoms. The van der Waals surface area contributed by atoms with Crippen molar-refractivity contribution in [2.24, 2.45) is 0 Å². The van der Waals surface area contributed by atoms with E-state index in [9.17, 15) is 18.7 Å². The lowest BCUT2D eigenvalue weighted by molar-refractivity contribution is 0.200. The van der Waals surface area contributed by atoms with Crippen molar-refractivity contribution in [2.45, 2.75) is 25.3 Å². The van der Waals surface area contributed by atoms with Gasteiger partial charge < -0.3 is 10.0 Å². The van der Waals surface area contributed by atoms with Crippen LogP contribution in [0.15, 0.2) is 42.5 Å². The van der Waals surface area contributed by atoms with Gasteiger partial charge in [-0.05, 0) is 68.8 Å². The van der Waals surface area contributed by atoms with Crippen molar-refractivity contribution >= 4 is 11.8 Å². The summed E-state index contributed by atoms with van der Waals surface area (Å²) in [6, 6.07) is 10.2. The smallest absolute Gasteiger partial charge is 0.411 e. The molecule has 1 N–H and O–H groups in total. The number of halogens is 2. The summed E-state index contributed by atoms with van der Waals surface area (Å²) in [4.78, 5) is 15.2. The molecule has 1 unspecified atom stereocenters. The SMILES string of the molecule is CN1CCCC1CCN(C(=O)O)c1cc(F)ccc1-c1cccc(F)c1.